The Morgan fingerprint density at radius 1 is 1.13 bits per heavy atom. The average Bonchev–Trinajstić information content (AvgIpc) is 2.89. The first-order valence-corrected chi connectivity index (χ1v) is 6.31. The molecule has 3 unspecified atom stereocenters. The minimum atomic E-state index is 0.669. The highest BCUT2D eigenvalue weighted by atomic mass is 14.4. The Morgan fingerprint density at radius 2 is 2.13 bits per heavy atom. The fourth-order valence-electron chi connectivity index (χ4n) is 3.08. The molecule has 0 saturated heterocycles. The summed E-state index contributed by atoms with van der Waals surface area (Å²) in [6.07, 6.45) is 15.0. The number of fused-ring (bicyclic) bond motifs is 2. The van der Waals surface area contributed by atoms with Crippen LogP contribution in [0.25, 0.3) is 0 Å². The molecule has 0 heteroatoms. The molecule has 0 heterocycles. The summed E-state index contributed by atoms with van der Waals surface area (Å²) in [5.74, 6) is 9.25. The van der Waals surface area contributed by atoms with E-state index in [0.29, 0.717) is 5.92 Å². The molecular weight excluding hydrogens is 180 g/mol. The zero-order valence-electron chi connectivity index (χ0n) is 9.21. The fourth-order valence-corrected chi connectivity index (χ4v) is 3.08. The largest absolute Gasteiger partial charge is 0.0942 e. The molecule has 0 amide bonds. The predicted molar refractivity (Wildman–Crippen MR) is 63.2 cm³/mol. The average molecular weight is 198 g/mol. The summed E-state index contributed by atoms with van der Waals surface area (Å²) in [6, 6.07) is 0. The molecule has 1 fully saturated rings. The van der Waals surface area contributed by atoms with Gasteiger partial charge in [-0.1, -0.05) is 30.1 Å². The molecule has 0 nitrogen and oxygen atoms in total. The van der Waals surface area contributed by atoms with Crippen molar-refractivity contribution in [1.82, 2.24) is 0 Å². The smallest absolute Gasteiger partial charge is 0.0275 e. The lowest BCUT2D eigenvalue weighted by atomic mass is 9.93. The quantitative estimate of drug-likeness (QED) is 0.411. The van der Waals surface area contributed by atoms with Gasteiger partial charge >= 0.3 is 0 Å². The molecular formula is C15H18. The van der Waals surface area contributed by atoms with Crippen LogP contribution in [0.2, 0.25) is 0 Å². The lowest BCUT2D eigenvalue weighted by Gasteiger charge is -2.11. The molecule has 15 heavy (non-hydrogen) atoms. The topological polar surface area (TPSA) is 0 Å². The summed E-state index contributed by atoms with van der Waals surface area (Å²) >= 11 is 0. The minimum absolute atomic E-state index is 0.669. The van der Waals surface area contributed by atoms with E-state index >= 15 is 0 Å². The first kappa shape index (κ1) is 9.28. The van der Waals surface area contributed by atoms with Gasteiger partial charge in [0.15, 0.2) is 0 Å². The zero-order chi connectivity index (χ0) is 10.1. The Bertz CT molecular complexity index is 361. The SMILES string of the molecule is C(#CC1CC2C=CC1C2)C1=CCCCC1. The molecule has 0 spiro atoms. The van der Waals surface area contributed by atoms with Crippen LogP contribution in [0.4, 0.5) is 0 Å². The van der Waals surface area contributed by atoms with Crippen molar-refractivity contribution in [3.8, 4) is 11.8 Å². The second kappa shape index (κ2) is 3.89. The van der Waals surface area contributed by atoms with Gasteiger partial charge in [0.2, 0.25) is 0 Å². The van der Waals surface area contributed by atoms with E-state index in [1.54, 1.807) is 0 Å². The number of allylic oxidation sites excluding steroid dienone is 4. The highest BCUT2D eigenvalue weighted by Gasteiger charge is 2.34. The van der Waals surface area contributed by atoms with Gasteiger partial charge in [0.05, 0.1) is 0 Å². The van der Waals surface area contributed by atoms with E-state index in [4.69, 9.17) is 0 Å². The molecule has 0 N–H and O–H groups in total. The fraction of sp³-hybridized carbons (Fsp3) is 0.600. The van der Waals surface area contributed by atoms with Gasteiger partial charge < -0.3 is 0 Å². The highest BCUT2D eigenvalue weighted by molar-refractivity contribution is 5.32. The van der Waals surface area contributed by atoms with Gasteiger partial charge in [0.25, 0.3) is 0 Å². The van der Waals surface area contributed by atoms with Crippen LogP contribution < -0.4 is 0 Å². The first-order chi connectivity index (χ1) is 7.42. The zero-order valence-corrected chi connectivity index (χ0v) is 9.21. The van der Waals surface area contributed by atoms with Crippen molar-refractivity contribution < 1.29 is 0 Å². The lowest BCUT2D eigenvalue weighted by Crippen LogP contribution is -2.03. The van der Waals surface area contributed by atoms with Crippen molar-refractivity contribution in [2.45, 2.75) is 38.5 Å². The molecule has 0 radical (unpaired) electrons. The van der Waals surface area contributed by atoms with Crippen molar-refractivity contribution in [3.63, 3.8) is 0 Å². The Kier molecular flexibility index (Phi) is 2.41. The van der Waals surface area contributed by atoms with Crippen LogP contribution in [-0.4, -0.2) is 0 Å². The van der Waals surface area contributed by atoms with E-state index in [9.17, 15) is 0 Å². The first-order valence-electron chi connectivity index (χ1n) is 6.31. The van der Waals surface area contributed by atoms with Crippen LogP contribution in [0.15, 0.2) is 23.8 Å². The molecule has 0 aromatic heterocycles. The lowest BCUT2D eigenvalue weighted by molar-refractivity contribution is 0.569. The maximum absolute atomic E-state index is 3.51. The van der Waals surface area contributed by atoms with Crippen LogP contribution in [0.1, 0.15) is 38.5 Å². The Labute approximate surface area is 92.5 Å². The molecule has 0 aliphatic heterocycles. The van der Waals surface area contributed by atoms with Crippen LogP contribution in [0.3, 0.4) is 0 Å². The van der Waals surface area contributed by atoms with E-state index in [2.05, 4.69) is 30.1 Å². The number of hydrogen-bond acceptors (Lipinski definition) is 0. The van der Waals surface area contributed by atoms with Gasteiger partial charge in [0, 0.05) is 5.92 Å². The second-order valence-electron chi connectivity index (χ2n) is 5.13. The Balaban J connectivity index is 1.68. The summed E-state index contributed by atoms with van der Waals surface area (Å²) in [6.45, 7) is 0. The van der Waals surface area contributed by atoms with Crippen molar-refractivity contribution in [2.24, 2.45) is 17.8 Å². The summed E-state index contributed by atoms with van der Waals surface area (Å²) in [4.78, 5) is 0. The molecule has 3 rings (SSSR count). The van der Waals surface area contributed by atoms with Crippen LogP contribution in [-0.2, 0) is 0 Å². The molecule has 0 aromatic rings. The van der Waals surface area contributed by atoms with Gasteiger partial charge in [-0.05, 0) is 55.9 Å². The summed E-state index contributed by atoms with van der Waals surface area (Å²) < 4.78 is 0. The number of hydrogen-bond donors (Lipinski definition) is 0. The van der Waals surface area contributed by atoms with E-state index in [1.807, 2.05) is 0 Å². The van der Waals surface area contributed by atoms with Crippen molar-refractivity contribution in [1.29, 1.82) is 0 Å². The standard InChI is InChI=1S/C15H18/c1-2-4-12(5-3-1)6-8-14-10-13-7-9-15(14)11-13/h4,7,9,13-15H,1-3,5,10-11H2. The third-order valence-electron chi connectivity index (χ3n) is 3.99. The van der Waals surface area contributed by atoms with Crippen LogP contribution in [0.5, 0.6) is 0 Å². The normalized spacial score (nSPS) is 37.3. The van der Waals surface area contributed by atoms with Gasteiger partial charge in [-0.3, -0.25) is 0 Å². The third kappa shape index (κ3) is 1.88. The molecule has 2 bridgehead atoms. The minimum Gasteiger partial charge on any atom is -0.0942 e. The van der Waals surface area contributed by atoms with Gasteiger partial charge in [0.1, 0.15) is 0 Å². The maximum Gasteiger partial charge on any atom is 0.0275 e. The molecule has 0 aromatic carbocycles. The summed E-state index contributed by atoms with van der Waals surface area (Å²) in [5.41, 5.74) is 1.41. The summed E-state index contributed by atoms with van der Waals surface area (Å²) in [5, 5.41) is 0. The van der Waals surface area contributed by atoms with E-state index in [-0.39, 0.29) is 0 Å². The van der Waals surface area contributed by atoms with Crippen LogP contribution in [0, 0.1) is 29.6 Å². The van der Waals surface area contributed by atoms with Crippen LogP contribution >= 0.6 is 0 Å². The Morgan fingerprint density at radius 3 is 2.80 bits per heavy atom. The maximum atomic E-state index is 3.51. The van der Waals surface area contributed by atoms with Crippen molar-refractivity contribution >= 4 is 0 Å². The summed E-state index contributed by atoms with van der Waals surface area (Å²) in [7, 11) is 0. The Hall–Kier alpha value is -0.960. The van der Waals surface area contributed by atoms with Gasteiger partial charge in [-0.25, -0.2) is 0 Å². The van der Waals surface area contributed by atoms with Crippen molar-refractivity contribution in [2.75, 3.05) is 0 Å². The predicted octanol–water partition coefficient (Wildman–Crippen LogP) is 3.70. The molecule has 78 valence electrons. The third-order valence-corrected chi connectivity index (χ3v) is 3.99. The number of rotatable bonds is 0. The van der Waals surface area contributed by atoms with Crippen molar-refractivity contribution in [3.05, 3.63) is 23.8 Å². The molecule has 3 atom stereocenters. The van der Waals surface area contributed by atoms with Gasteiger partial charge in [-0.15, -0.1) is 0 Å². The van der Waals surface area contributed by atoms with E-state index < -0.39 is 0 Å². The molecule has 1 saturated carbocycles. The van der Waals surface area contributed by atoms with Gasteiger partial charge in [-0.2, -0.15) is 0 Å². The molecule has 3 aliphatic carbocycles. The monoisotopic (exact) mass is 198 g/mol. The van der Waals surface area contributed by atoms with E-state index in [0.717, 1.165) is 11.8 Å². The molecule has 3 aliphatic rings. The highest BCUT2D eigenvalue weighted by Crippen LogP contribution is 2.43. The van der Waals surface area contributed by atoms with E-state index in [1.165, 1.54) is 44.1 Å². The second-order valence-corrected chi connectivity index (χ2v) is 5.13.